The van der Waals surface area contributed by atoms with Crippen LogP contribution in [0.2, 0.25) is 5.02 Å². The number of guanidine groups is 2. The van der Waals surface area contributed by atoms with Crippen molar-refractivity contribution in [1.82, 2.24) is 36.9 Å². The number of rotatable bonds is 19. The number of Topliss-reactive ketones (excluding diaryl/α,β-unsaturated/α-hetero) is 2. The molecule has 0 bridgehead atoms. The van der Waals surface area contributed by atoms with Gasteiger partial charge in [-0.1, -0.05) is 41.9 Å². The second kappa shape index (κ2) is 31.1. The molecule has 1 aromatic heterocycles. The minimum absolute atomic E-state index is 0.00532. The summed E-state index contributed by atoms with van der Waals surface area (Å²) in [7, 11) is 0. The number of aliphatic imine (C=N–C) groups is 2. The van der Waals surface area contributed by atoms with Crippen molar-refractivity contribution in [1.29, 1.82) is 0 Å². The Balaban J connectivity index is 1.80. The largest absolute Gasteiger partial charge is 0.370 e. The average molecular weight is 1090 g/mol. The molecule has 1 fully saturated rings. The van der Waals surface area contributed by atoms with Gasteiger partial charge >= 0.3 is 0 Å². The van der Waals surface area contributed by atoms with Crippen LogP contribution in [0.4, 0.5) is 0 Å². The highest BCUT2D eigenvalue weighted by molar-refractivity contribution is 6.30. The number of halogens is 1. The number of para-hydroxylation sites is 1. The lowest BCUT2D eigenvalue weighted by Gasteiger charge is -2.27. The lowest BCUT2D eigenvalue weighted by molar-refractivity contribution is -0.136. The number of benzene rings is 2. The molecule has 0 saturated carbocycles. The molecule has 77 heavy (non-hydrogen) atoms. The molecule has 8 amide bonds. The van der Waals surface area contributed by atoms with Crippen LogP contribution in [0.5, 0.6) is 0 Å². The first kappa shape index (κ1) is 61.5. The highest BCUT2D eigenvalue weighted by Gasteiger charge is 2.36. The molecule has 0 unspecified atom stereocenters. The van der Waals surface area contributed by atoms with Crippen molar-refractivity contribution in [2.75, 3.05) is 19.6 Å². The molecule has 25 nitrogen and oxygen atoms in total. The van der Waals surface area contributed by atoms with Gasteiger partial charge in [-0.3, -0.25) is 57.9 Å². The number of aromatic amines is 1. The van der Waals surface area contributed by atoms with Crippen molar-refractivity contribution < 1.29 is 47.9 Å². The predicted octanol–water partition coefficient (Wildman–Crippen LogP) is -1.25. The third-order valence-electron chi connectivity index (χ3n) is 12.8. The first-order valence-electron chi connectivity index (χ1n) is 25.4. The van der Waals surface area contributed by atoms with Crippen molar-refractivity contribution >= 4 is 93.2 Å². The molecule has 1 aliphatic rings. The number of H-pyrrole nitrogens is 1. The summed E-state index contributed by atoms with van der Waals surface area (Å²) >= 11 is 6.35. The number of nitrogens with zero attached hydrogens (tertiary/aromatic N) is 2. The fourth-order valence-electron chi connectivity index (χ4n) is 8.82. The van der Waals surface area contributed by atoms with E-state index in [0.29, 0.717) is 16.1 Å². The molecule has 3 aromatic rings. The topological polar surface area (TPSA) is 440 Å². The first-order valence-corrected chi connectivity index (χ1v) is 25.8. The zero-order chi connectivity index (χ0) is 56.6. The van der Waals surface area contributed by atoms with Crippen LogP contribution in [0.3, 0.4) is 0 Å². The molecular formula is C51H72ClN15O10. The Morgan fingerprint density at radius 3 is 2.10 bits per heavy atom. The molecule has 2 heterocycles. The van der Waals surface area contributed by atoms with E-state index in [-0.39, 0.29) is 89.3 Å². The zero-order valence-corrected chi connectivity index (χ0v) is 43.8. The van der Waals surface area contributed by atoms with Crippen LogP contribution in [0, 0.1) is 11.8 Å². The van der Waals surface area contributed by atoms with Gasteiger partial charge in [-0.2, -0.15) is 0 Å². The summed E-state index contributed by atoms with van der Waals surface area (Å²) in [4.78, 5) is 149. The van der Waals surface area contributed by atoms with E-state index in [1.807, 2.05) is 24.3 Å². The molecule has 7 atom stereocenters. The van der Waals surface area contributed by atoms with E-state index >= 15 is 0 Å². The Morgan fingerprint density at radius 2 is 1.43 bits per heavy atom. The number of primary amides is 2. The Labute approximate surface area is 450 Å². The van der Waals surface area contributed by atoms with E-state index in [0.717, 1.165) is 10.9 Å². The normalized spacial score (nSPS) is 21.0. The van der Waals surface area contributed by atoms with Gasteiger partial charge in [0.1, 0.15) is 30.0 Å². The van der Waals surface area contributed by atoms with Crippen LogP contribution in [-0.2, 0) is 60.8 Å². The number of carbonyl (C=O) groups excluding carboxylic acids is 10. The molecule has 4 rings (SSSR count). The fourth-order valence-corrected chi connectivity index (χ4v) is 9.03. The highest BCUT2D eigenvalue weighted by Crippen LogP contribution is 2.26. The summed E-state index contributed by atoms with van der Waals surface area (Å²) in [5.74, 6) is -10.3. The van der Waals surface area contributed by atoms with Gasteiger partial charge in [0.25, 0.3) is 0 Å². The number of fused-ring (bicyclic) bond motifs is 1. The van der Waals surface area contributed by atoms with E-state index in [2.05, 4.69) is 46.9 Å². The number of ketones is 2. The SMILES string of the molecule is CC(=O)N[C@H](CCCN=C(N)N)C(=O)N[C@H]1CC(=O)NCCCC[C@@H](C(N)=O)NC(=O)[C@H](Cc2c[nH]c3ccccc23)CC(=O)[C@H](CCCN=C(N)N)CC(=O)[C@@H](Cc2cccc(Cl)c2)NC(=O)[C@H](CCC(N)=O)NC1=O. The average Bonchev–Trinajstić information content (AvgIpc) is 3.77. The number of nitrogens with one attached hydrogen (secondary N) is 7. The summed E-state index contributed by atoms with van der Waals surface area (Å²) in [5.41, 5.74) is 35.3. The number of carbonyl (C=O) groups is 10. The van der Waals surface area contributed by atoms with Crippen molar-refractivity contribution in [3.05, 3.63) is 70.9 Å². The molecule has 1 saturated heterocycles. The van der Waals surface area contributed by atoms with Crippen molar-refractivity contribution in [2.24, 2.45) is 56.2 Å². The molecule has 19 N–H and O–H groups in total. The highest BCUT2D eigenvalue weighted by atomic mass is 35.5. The van der Waals surface area contributed by atoms with Gasteiger partial charge in [0.05, 0.1) is 12.5 Å². The van der Waals surface area contributed by atoms with Crippen molar-refractivity contribution in [2.45, 2.75) is 127 Å². The van der Waals surface area contributed by atoms with Crippen LogP contribution in [-0.4, -0.2) is 126 Å². The van der Waals surface area contributed by atoms with Crippen molar-refractivity contribution in [3.8, 4) is 0 Å². The molecule has 26 heteroatoms. The second-order valence-electron chi connectivity index (χ2n) is 19.0. The maximum atomic E-state index is 14.8. The van der Waals surface area contributed by atoms with Crippen LogP contribution in [0.15, 0.2) is 64.7 Å². The van der Waals surface area contributed by atoms with Gasteiger partial charge in [-0.05, 0) is 93.5 Å². The number of aromatic nitrogens is 1. The van der Waals surface area contributed by atoms with Gasteiger partial charge in [0.2, 0.25) is 47.3 Å². The van der Waals surface area contributed by atoms with Crippen LogP contribution < -0.4 is 66.3 Å². The first-order chi connectivity index (χ1) is 36.6. The van der Waals surface area contributed by atoms with E-state index in [1.165, 1.54) is 6.92 Å². The fraction of sp³-hybridized carbons (Fsp3) is 0.490. The van der Waals surface area contributed by atoms with Gasteiger partial charge < -0.3 is 71.3 Å². The minimum atomic E-state index is -1.71. The second-order valence-corrected chi connectivity index (χ2v) is 19.4. The maximum Gasteiger partial charge on any atom is 0.243 e. The Kier molecular flexibility index (Phi) is 24.8. The minimum Gasteiger partial charge on any atom is -0.370 e. The smallest absolute Gasteiger partial charge is 0.243 e. The molecular weight excluding hydrogens is 1020 g/mol. The summed E-state index contributed by atoms with van der Waals surface area (Å²) in [6, 6.07) is 6.63. The van der Waals surface area contributed by atoms with Crippen molar-refractivity contribution in [3.63, 3.8) is 0 Å². The molecule has 0 aliphatic carbocycles. The Hall–Kier alpha value is -8.09. The maximum absolute atomic E-state index is 14.8. The van der Waals surface area contributed by atoms with Crippen LogP contribution >= 0.6 is 11.6 Å². The molecule has 2 aromatic carbocycles. The molecule has 0 radical (unpaired) electrons. The lowest BCUT2D eigenvalue weighted by atomic mass is 9.83. The quantitative estimate of drug-likeness (QED) is 0.0379. The van der Waals surface area contributed by atoms with Gasteiger partial charge in [0, 0.05) is 79.8 Å². The monoisotopic (exact) mass is 1090 g/mol. The van der Waals surface area contributed by atoms with Gasteiger partial charge in [0.15, 0.2) is 17.7 Å². The molecule has 0 spiro atoms. The predicted molar refractivity (Wildman–Crippen MR) is 288 cm³/mol. The van der Waals surface area contributed by atoms with Gasteiger partial charge in [-0.25, -0.2) is 0 Å². The van der Waals surface area contributed by atoms with E-state index in [1.54, 1.807) is 30.5 Å². The Bertz CT molecular complexity index is 2650. The van der Waals surface area contributed by atoms with E-state index in [4.69, 9.17) is 46.0 Å². The lowest BCUT2D eigenvalue weighted by Crippen LogP contribution is -2.58. The summed E-state index contributed by atoms with van der Waals surface area (Å²) in [6.45, 7) is 1.34. The standard InChI is InChI=1S/C51H72ClN15O10/c1-28(68)63-37(15-8-20-61-51(57)58)47(75)67-40-26-44(72)59-18-5-4-14-36(45(54)73)64-46(74)31(23-32-27-62-35-13-3-2-12-34(32)35)25-41(69)30(10-7-19-60-50(55)56)24-42(70)39(22-29-9-6-11-33(52)21-29)66-48(76)38(65-49(40)77)16-17-43(53)71/h2-3,6,9,11-13,21,27,30-31,36-40,62H,4-5,7-8,10,14-20,22-26H2,1H3,(H2,53,71)(H2,54,73)(H,59,72)(H,63,68)(H,64,74)(H,65,77)(H,66,76)(H,67,75)(H4,55,56,60)(H4,57,58,61)/t30-,31-,36+,37-,38+,39-,40+/m1/s1. The van der Waals surface area contributed by atoms with Crippen LogP contribution in [0.25, 0.3) is 10.9 Å². The summed E-state index contributed by atoms with van der Waals surface area (Å²) in [5, 5.41) is 16.7. The molecule has 418 valence electrons. The number of nitrogens with two attached hydrogens (primary N) is 6. The molecule has 1 aliphatic heterocycles. The Morgan fingerprint density at radius 1 is 0.740 bits per heavy atom. The van der Waals surface area contributed by atoms with Gasteiger partial charge in [-0.15, -0.1) is 0 Å². The third kappa shape index (κ3) is 21.6. The zero-order valence-electron chi connectivity index (χ0n) is 43.1. The van der Waals surface area contributed by atoms with E-state index in [9.17, 15) is 47.9 Å². The number of hydrogen-bond donors (Lipinski definition) is 13. The summed E-state index contributed by atoms with van der Waals surface area (Å²) < 4.78 is 0. The number of hydrogen-bond acceptors (Lipinski definition) is 12. The number of amides is 8. The van der Waals surface area contributed by atoms with E-state index < -0.39 is 133 Å². The van der Waals surface area contributed by atoms with Crippen LogP contribution in [0.1, 0.15) is 95.1 Å². The summed E-state index contributed by atoms with van der Waals surface area (Å²) in [6.07, 6.45) is 0.159. The third-order valence-corrected chi connectivity index (χ3v) is 13.0.